The molecule has 2 nitrogen and oxygen atoms in total. The zero-order chi connectivity index (χ0) is 14.9. The van der Waals surface area contributed by atoms with Crippen molar-refractivity contribution in [2.24, 2.45) is 0 Å². The van der Waals surface area contributed by atoms with Crippen molar-refractivity contribution in [3.05, 3.63) is 65.7 Å². The van der Waals surface area contributed by atoms with Crippen molar-refractivity contribution in [1.82, 2.24) is 5.32 Å². The summed E-state index contributed by atoms with van der Waals surface area (Å²) in [5.41, 5.74) is 2.61. The van der Waals surface area contributed by atoms with Crippen molar-refractivity contribution < 1.29 is 4.74 Å². The number of rotatable bonds is 8. The lowest BCUT2D eigenvalue weighted by Crippen LogP contribution is -2.20. The second-order valence-corrected chi connectivity index (χ2v) is 5.46. The molecule has 0 bridgehead atoms. The number of hydrogen-bond acceptors (Lipinski definition) is 2. The molecule has 0 fully saturated rings. The van der Waals surface area contributed by atoms with Crippen LogP contribution in [0.3, 0.4) is 0 Å². The molecule has 2 aromatic rings. The third-order valence-corrected chi connectivity index (χ3v) is 3.61. The first kappa shape index (κ1) is 15.6. The summed E-state index contributed by atoms with van der Waals surface area (Å²) in [6.45, 7) is 6.10. The van der Waals surface area contributed by atoms with E-state index < -0.39 is 0 Å². The minimum absolute atomic E-state index is 0.407. The van der Waals surface area contributed by atoms with Crippen LogP contribution in [0.5, 0.6) is 5.75 Å². The molecule has 1 N–H and O–H groups in total. The van der Waals surface area contributed by atoms with Crippen molar-refractivity contribution in [2.75, 3.05) is 13.2 Å². The molecule has 0 amide bonds. The van der Waals surface area contributed by atoms with Gasteiger partial charge in [0.2, 0.25) is 0 Å². The Labute approximate surface area is 128 Å². The number of hydrogen-bond donors (Lipinski definition) is 1. The Kier molecular flexibility index (Phi) is 6.29. The molecular formula is C19H25NO. The molecule has 1 unspecified atom stereocenters. The fraction of sp³-hybridized carbons (Fsp3) is 0.368. The van der Waals surface area contributed by atoms with Gasteiger partial charge >= 0.3 is 0 Å². The third-order valence-electron chi connectivity index (χ3n) is 3.61. The van der Waals surface area contributed by atoms with Crippen molar-refractivity contribution in [1.29, 1.82) is 0 Å². The lowest BCUT2D eigenvalue weighted by atomic mass is 10.1. The minimum atomic E-state index is 0.407. The Bertz CT molecular complexity index is 507. The maximum absolute atomic E-state index is 5.72. The molecule has 0 aliphatic carbocycles. The summed E-state index contributed by atoms with van der Waals surface area (Å²) in [6.07, 6.45) is 2.20. The summed E-state index contributed by atoms with van der Waals surface area (Å²) >= 11 is 0. The molecule has 0 radical (unpaired) electrons. The topological polar surface area (TPSA) is 21.3 Å². The molecule has 0 heterocycles. The maximum Gasteiger partial charge on any atom is 0.119 e. The molecule has 0 aliphatic heterocycles. The van der Waals surface area contributed by atoms with Gasteiger partial charge in [0.1, 0.15) is 5.75 Å². The lowest BCUT2D eigenvalue weighted by Gasteiger charge is -2.14. The molecule has 0 spiro atoms. The van der Waals surface area contributed by atoms with E-state index in [1.807, 2.05) is 12.1 Å². The predicted octanol–water partition coefficient (Wildman–Crippen LogP) is 4.50. The second kappa shape index (κ2) is 8.48. The van der Waals surface area contributed by atoms with Gasteiger partial charge in [-0.2, -0.15) is 0 Å². The van der Waals surface area contributed by atoms with Gasteiger partial charge in [0.05, 0.1) is 6.61 Å². The average molecular weight is 283 g/mol. The van der Waals surface area contributed by atoms with Crippen LogP contribution in [0.2, 0.25) is 0 Å². The van der Waals surface area contributed by atoms with Crippen LogP contribution in [-0.2, 0) is 0 Å². The lowest BCUT2D eigenvalue weighted by molar-refractivity contribution is 0.305. The molecule has 0 saturated heterocycles. The summed E-state index contributed by atoms with van der Waals surface area (Å²) < 4.78 is 5.72. The Balaban J connectivity index is 1.57. The zero-order valence-electron chi connectivity index (χ0n) is 13.0. The van der Waals surface area contributed by atoms with Crippen LogP contribution in [0.25, 0.3) is 0 Å². The van der Waals surface area contributed by atoms with E-state index in [1.54, 1.807) is 0 Å². The van der Waals surface area contributed by atoms with Gasteiger partial charge in [-0.05, 0) is 50.9 Å². The first-order valence-corrected chi connectivity index (χ1v) is 7.73. The normalized spacial score (nSPS) is 12.1. The van der Waals surface area contributed by atoms with E-state index in [0.717, 1.165) is 31.7 Å². The summed E-state index contributed by atoms with van der Waals surface area (Å²) in [6, 6.07) is 19.2. The molecule has 0 aliphatic rings. The molecule has 21 heavy (non-hydrogen) atoms. The molecule has 112 valence electrons. The van der Waals surface area contributed by atoms with E-state index in [1.165, 1.54) is 11.1 Å². The zero-order valence-corrected chi connectivity index (χ0v) is 13.0. The summed E-state index contributed by atoms with van der Waals surface area (Å²) in [7, 11) is 0. The van der Waals surface area contributed by atoms with E-state index in [0.29, 0.717) is 6.04 Å². The standard InChI is InChI=1S/C19H25NO/c1-16-10-12-19(13-11-16)21-15-7-6-14-20-17(2)18-8-4-3-5-9-18/h3-5,8-13,17,20H,6-7,14-15H2,1-2H3. The Morgan fingerprint density at radius 3 is 2.38 bits per heavy atom. The Morgan fingerprint density at radius 1 is 0.952 bits per heavy atom. The van der Waals surface area contributed by atoms with Gasteiger partial charge in [-0.25, -0.2) is 0 Å². The number of aryl methyl sites for hydroxylation is 1. The minimum Gasteiger partial charge on any atom is -0.494 e. The van der Waals surface area contributed by atoms with Crippen LogP contribution >= 0.6 is 0 Å². The van der Waals surface area contributed by atoms with E-state index in [9.17, 15) is 0 Å². The molecule has 0 aromatic heterocycles. The van der Waals surface area contributed by atoms with Crippen LogP contribution in [-0.4, -0.2) is 13.2 Å². The largest absolute Gasteiger partial charge is 0.494 e. The van der Waals surface area contributed by atoms with E-state index in [4.69, 9.17) is 4.74 Å². The number of benzene rings is 2. The molecule has 2 rings (SSSR count). The average Bonchev–Trinajstić information content (AvgIpc) is 2.53. The maximum atomic E-state index is 5.72. The molecule has 1 atom stereocenters. The van der Waals surface area contributed by atoms with Gasteiger partial charge in [-0.15, -0.1) is 0 Å². The SMILES string of the molecule is Cc1ccc(OCCCCNC(C)c2ccccc2)cc1. The summed E-state index contributed by atoms with van der Waals surface area (Å²) in [4.78, 5) is 0. The highest BCUT2D eigenvalue weighted by Gasteiger charge is 2.02. The van der Waals surface area contributed by atoms with E-state index in [2.05, 4.69) is 61.6 Å². The number of ether oxygens (including phenoxy) is 1. The van der Waals surface area contributed by atoms with Crippen LogP contribution in [0.4, 0.5) is 0 Å². The van der Waals surface area contributed by atoms with Gasteiger partial charge in [-0.1, -0.05) is 48.0 Å². The Morgan fingerprint density at radius 2 is 1.67 bits per heavy atom. The van der Waals surface area contributed by atoms with Gasteiger partial charge < -0.3 is 10.1 Å². The van der Waals surface area contributed by atoms with Crippen LogP contribution in [0, 0.1) is 6.92 Å². The van der Waals surface area contributed by atoms with Crippen molar-refractivity contribution in [3.8, 4) is 5.75 Å². The highest BCUT2D eigenvalue weighted by molar-refractivity contribution is 5.26. The van der Waals surface area contributed by atoms with Crippen LogP contribution in [0.15, 0.2) is 54.6 Å². The molecule has 0 saturated carbocycles. The summed E-state index contributed by atoms with van der Waals surface area (Å²) in [5.74, 6) is 0.964. The molecular weight excluding hydrogens is 258 g/mol. The van der Waals surface area contributed by atoms with Gasteiger partial charge in [0.15, 0.2) is 0 Å². The van der Waals surface area contributed by atoms with E-state index in [-0.39, 0.29) is 0 Å². The first-order valence-electron chi connectivity index (χ1n) is 7.73. The highest BCUT2D eigenvalue weighted by Crippen LogP contribution is 2.12. The predicted molar refractivity (Wildman–Crippen MR) is 88.8 cm³/mol. The summed E-state index contributed by atoms with van der Waals surface area (Å²) in [5, 5.41) is 3.55. The molecule has 2 aromatic carbocycles. The van der Waals surface area contributed by atoms with Crippen molar-refractivity contribution >= 4 is 0 Å². The fourth-order valence-corrected chi connectivity index (χ4v) is 2.23. The number of unbranched alkanes of at least 4 members (excludes halogenated alkanes) is 1. The Hall–Kier alpha value is -1.80. The van der Waals surface area contributed by atoms with Crippen molar-refractivity contribution in [3.63, 3.8) is 0 Å². The van der Waals surface area contributed by atoms with Crippen molar-refractivity contribution in [2.45, 2.75) is 32.7 Å². The number of nitrogens with one attached hydrogen (secondary N) is 1. The second-order valence-electron chi connectivity index (χ2n) is 5.46. The van der Waals surface area contributed by atoms with E-state index >= 15 is 0 Å². The molecule has 2 heteroatoms. The smallest absolute Gasteiger partial charge is 0.119 e. The fourth-order valence-electron chi connectivity index (χ4n) is 2.23. The van der Waals surface area contributed by atoms with Gasteiger partial charge in [0.25, 0.3) is 0 Å². The third kappa shape index (κ3) is 5.60. The van der Waals surface area contributed by atoms with Gasteiger partial charge in [-0.3, -0.25) is 0 Å². The quantitative estimate of drug-likeness (QED) is 0.720. The first-order chi connectivity index (χ1) is 10.3. The highest BCUT2D eigenvalue weighted by atomic mass is 16.5. The van der Waals surface area contributed by atoms with Crippen LogP contribution < -0.4 is 10.1 Å². The van der Waals surface area contributed by atoms with Crippen LogP contribution in [0.1, 0.15) is 36.9 Å². The van der Waals surface area contributed by atoms with Gasteiger partial charge in [0, 0.05) is 6.04 Å². The monoisotopic (exact) mass is 283 g/mol.